The molecule has 0 aliphatic carbocycles. The van der Waals surface area contributed by atoms with Gasteiger partial charge in [-0.15, -0.1) is 0 Å². The molecule has 0 saturated carbocycles. The highest BCUT2D eigenvalue weighted by molar-refractivity contribution is 6.36. The van der Waals surface area contributed by atoms with Crippen LogP contribution in [0, 0.1) is 12.7 Å². The van der Waals surface area contributed by atoms with Gasteiger partial charge in [-0.1, -0.05) is 42.0 Å². The van der Waals surface area contributed by atoms with E-state index in [0.29, 0.717) is 22.7 Å². The van der Waals surface area contributed by atoms with Gasteiger partial charge in [0, 0.05) is 5.69 Å². The van der Waals surface area contributed by atoms with Crippen LogP contribution >= 0.6 is 0 Å². The summed E-state index contributed by atoms with van der Waals surface area (Å²) >= 11 is 0. The SMILES string of the molecule is Cc1ccc(C2=C(Nc3cccc(F)c3)C(=O)N(Cc3ccc4c(c3)OCO4)C2=O)cc1. The number of hydrogen-bond acceptors (Lipinski definition) is 5. The number of hydrogen-bond donors (Lipinski definition) is 1. The fourth-order valence-electron chi connectivity index (χ4n) is 3.76. The Labute approximate surface area is 183 Å². The monoisotopic (exact) mass is 430 g/mol. The van der Waals surface area contributed by atoms with E-state index in [9.17, 15) is 14.0 Å². The molecule has 3 aromatic rings. The molecule has 160 valence electrons. The molecule has 0 radical (unpaired) electrons. The van der Waals surface area contributed by atoms with Crippen LogP contribution in [0.25, 0.3) is 5.57 Å². The zero-order valence-corrected chi connectivity index (χ0v) is 17.2. The third-order valence-corrected chi connectivity index (χ3v) is 5.38. The first-order valence-electron chi connectivity index (χ1n) is 10.1. The summed E-state index contributed by atoms with van der Waals surface area (Å²) in [5.41, 5.74) is 3.12. The second-order valence-electron chi connectivity index (χ2n) is 7.64. The Kier molecular flexibility index (Phi) is 4.86. The largest absolute Gasteiger partial charge is 0.454 e. The van der Waals surface area contributed by atoms with E-state index in [-0.39, 0.29) is 24.6 Å². The molecule has 7 heteroatoms. The number of rotatable bonds is 5. The molecule has 2 heterocycles. The minimum absolute atomic E-state index is 0.0675. The molecule has 2 amide bonds. The number of carbonyl (C=O) groups excluding carboxylic acids is 2. The Morgan fingerprint density at radius 1 is 0.938 bits per heavy atom. The van der Waals surface area contributed by atoms with Gasteiger partial charge >= 0.3 is 0 Å². The van der Waals surface area contributed by atoms with Gasteiger partial charge in [-0.3, -0.25) is 14.5 Å². The third-order valence-electron chi connectivity index (χ3n) is 5.38. The zero-order chi connectivity index (χ0) is 22.2. The van der Waals surface area contributed by atoms with E-state index in [1.54, 1.807) is 36.4 Å². The lowest BCUT2D eigenvalue weighted by Crippen LogP contribution is -2.32. The maximum Gasteiger partial charge on any atom is 0.278 e. The van der Waals surface area contributed by atoms with E-state index in [1.165, 1.54) is 23.1 Å². The molecule has 0 saturated heterocycles. The predicted octanol–water partition coefficient (Wildman–Crippen LogP) is 4.26. The third kappa shape index (κ3) is 3.58. The summed E-state index contributed by atoms with van der Waals surface area (Å²) in [5.74, 6) is -0.143. The first kappa shape index (κ1) is 19.8. The molecule has 32 heavy (non-hydrogen) atoms. The van der Waals surface area contributed by atoms with Crippen LogP contribution in [-0.4, -0.2) is 23.5 Å². The number of aryl methyl sites for hydroxylation is 1. The Hall–Kier alpha value is -4.13. The maximum atomic E-state index is 13.7. The van der Waals surface area contributed by atoms with Gasteiger partial charge in [-0.05, 0) is 48.4 Å². The van der Waals surface area contributed by atoms with Crippen LogP contribution in [0.3, 0.4) is 0 Å². The van der Waals surface area contributed by atoms with Crippen molar-refractivity contribution >= 4 is 23.1 Å². The average molecular weight is 430 g/mol. The maximum absolute atomic E-state index is 13.7. The fourth-order valence-corrected chi connectivity index (χ4v) is 3.76. The molecule has 1 N–H and O–H groups in total. The highest BCUT2D eigenvalue weighted by Crippen LogP contribution is 2.35. The number of carbonyl (C=O) groups is 2. The van der Waals surface area contributed by atoms with Gasteiger partial charge < -0.3 is 14.8 Å². The summed E-state index contributed by atoms with van der Waals surface area (Å²) < 4.78 is 24.4. The number of anilines is 1. The van der Waals surface area contributed by atoms with Crippen molar-refractivity contribution in [3.05, 3.63) is 94.9 Å². The lowest BCUT2D eigenvalue weighted by atomic mass is 10.0. The van der Waals surface area contributed by atoms with Gasteiger partial charge in [0.15, 0.2) is 11.5 Å². The molecule has 6 nitrogen and oxygen atoms in total. The number of nitrogens with one attached hydrogen (secondary N) is 1. The van der Waals surface area contributed by atoms with Crippen molar-refractivity contribution in [2.24, 2.45) is 0 Å². The Morgan fingerprint density at radius 3 is 2.50 bits per heavy atom. The van der Waals surface area contributed by atoms with E-state index in [2.05, 4.69) is 5.32 Å². The van der Waals surface area contributed by atoms with Crippen molar-refractivity contribution in [2.75, 3.05) is 12.1 Å². The Balaban J connectivity index is 1.51. The van der Waals surface area contributed by atoms with Gasteiger partial charge in [-0.2, -0.15) is 0 Å². The van der Waals surface area contributed by atoms with E-state index >= 15 is 0 Å². The van der Waals surface area contributed by atoms with Crippen molar-refractivity contribution < 1.29 is 23.5 Å². The molecule has 0 bridgehead atoms. The van der Waals surface area contributed by atoms with Crippen molar-refractivity contribution in [1.29, 1.82) is 0 Å². The summed E-state index contributed by atoms with van der Waals surface area (Å²) in [5, 5.41) is 2.97. The van der Waals surface area contributed by atoms with Gasteiger partial charge in [0.05, 0.1) is 12.1 Å². The van der Waals surface area contributed by atoms with Gasteiger partial charge in [0.2, 0.25) is 6.79 Å². The summed E-state index contributed by atoms with van der Waals surface area (Å²) in [6.45, 7) is 2.15. The molecule has 2 aliphatic heterocycles. The Bertz CT molecular complexity index is 1270. The zero-order valence-electron chi connectivity index (χ0n) is 17.2. The van der Waals surface area contributed by atoms with E-state index in [1.807, 2.05) is 19.1 Å². The van der Waals surface area contributed by atoms with Gasteiger partial charge in [0.25, 0.3) is 11.8 Å². The number of benzene rings is 3. The van der Waals surface area contributed by atoms with Crippen LogP contribution in [-0.2, 0) is 16.1 Å². The van der Waals surface area contributed by atoms with Gasteiger partial charge in [0.1, 0.15) is 11.5 Å². The van der Waals surface area contributed by atoms with Gasteiger partial charge in [-0.25, -0.2) is 4.39 Å². The topological polar surface area (TPSA) is 67.9 Å². The molecule has 0 unspecified atom stereocenters. The van der Waals surface area contributed by atoms with Crippen molar-refractivity contribution in [3.63, 3.8) is 0 Å². The van der Waals surface area contributed by atoms with Crippen molar-refractivity contribution in [2.45, 2.75) is 13.5 Å². The molecule has 0 atom stereocenters. The Morgan fingerprint density at radius 2 is 1.72 bits per heavy atom. The number of halogens is 1. The smallest absolute Gasteiger partial charge is 0.278 e. The molecule has 0 fully saturated rings. The van der Waals surface area contributed by atoms with E-state index < -0.39 is 17.6 Å². The molecule has 3 aromatic carbocycles. The highest BCUT2D eigenvalue weighted by Gasteiger charge is 2.39. The fraction of sp³-hybridized carbons (Fsp3) is 0.120. The summed E-state index contributed by atoms with van der Waals surface area (Å²) in [6.07, 6.45) is 0. The average Bonchev–Trinajstić information content (AvgIpc) is 3.33. The normalized spacial score (nSPS) is 15.0. The molecular weight excluding hydrogens is 411 g/mol. The predicted molar refractivity (Wildman–Crippen MR) is 116 cm³/mol. The number of amides is 2. The molecular formula is C25H19FN2O4. The van der Waals surface area contributed by atoms with Crippen LogP contribution in [0.5, 0.6) is 11.5 Å². The van der Waals surface area contributed by atoms with Crippen LogP contribution in [0.15, 0.2) is 72.4 Å². The summed E-state index contributed by atoms with van der Waals surface area (Å²) in [6, 6.07) is 18.4. The van der Waals surface area contributed by atoms with Crippen LogP contribution in [0.2, 0.25) is 0 Å². The van der Waals surface area contributed by atoms with Crippen molar-refractivity contribution in [3.8, 4) is 11.5 Å². The number of imide groups is 1. The lowest BCUT2D eigenvalue weighted by Gasteiger charge is -2.16. The highest BCUT2D eigenvalue weighted by atomic mass is 19.1. The first-order valence-corrected chi connectivity index (χ1v) is 10.1. The minimum atomic E-state index is -0.479. The summed E-state index contributed by atoms with van der Waals surface area (Å²) in [7, 11) is 0. The second-order valence-corrected chi connectivity index (χ2v) is 7.64. The lowest BCUT2D eigenvalue weighted by molar-refractivity contribution is -0.137. The molecule has 2 aliphatic rings. The molecule has 5 rings (SSSR count). The minimum Gasteiger partial charge on any atom is -0.454 e. The number of nitrogens with zero attached hydrogens (tertiary/aromatic N) is 1. The quantitative estimate of drug-likeness (QED) is 0.613. The van der Waals surface area contributed by atoms with Crippen molar-refractivity contribution in [1.82, 2.24) is 4.90 Å². The molecule has 0 aromatic heterocycles. The summed E-state index contributed by atoms with van der Waals surface area (Å²) in [4.78, 5) is 27.9. The standard InChI is InChI=1S/C25H19FN2O4/c1-15-5-8-17(9-6-15)22-23(27-19-4-2-3-18(26)12-19)25(30)28(24(22)29)13-16-7-10-20-21(11-16)32-14-31-20/h2-12,27H,13-14H2,1H3. The second kappa shape index (κ2) is 7.85. The van der Waals surface area contributed by atoms with Crippen LogP contribution in [0.4, 0.5) is 10.1 Å². The first-order chi connectivity index (χ1) is 15.5. The number of ether oxygens (including phenoxy) is 2. The van der Waals surface area contributed by atoms with E-state index in [4.69, 9.17) is 9.47 Å². The van der Waals surface area contributed by atoms with E-state index in [0.717, 1.165) is 11.1 Å². The number of fused-ring (bicyclic) bond motifs is 1. The molecule has 0 spiro atoms. The van der Waals surface area contributed by atoms with Crippen LogP contribution < -0.4 is 14.8 Å². The van der Waals surface area contributed by atoms with Crippen LogP contribution in [0.1, 0.15) is 16.7 Å².